The number of Topliss-reactive ketones (excluding diaryl/α,β-unsaturated/α-hetero) is 1. The average molecular weight is 455 g/mol. The molecule has 0 radical (unpaired) electrons. The number of hydrogen-bond donors (Lipinski definition) is 1. The molecule has 0 aliphatic carbocycles. The van der Waals surface area contributed by atoms with Crippen molar-refractivity contribution in [2.24, 2.45) is 0 Å². The Labute approximate surface area is 190 Å². The number of likely N-dealkylation sites (N-methyl/N-ethyl adjacent to an activating group) is 1. The monoisotopic (exact) mass is 454 g/mol. The van der Waals surface area contributed by atoms with Crippen LogP contribution >= 0.6 is 11.6 Å². The third-order valence-corrected chi connectivity index (χ3v) is 5.71. The molecule has 1 aliphatic rings. The zero-order valence-corrected chi connectivity index (χ0v) is 18.7. The number of aliphatic hydroxyl groups is 1. The zero-order valence-electron chi connectivity index (χ0n) is 18.0. The molecule has 0 saturated heterocycles. The molecule has 1 unspecified atom stereocenters. The third-order valence-electron chi connectivity index (χ3n) is 5.47. The van der Waals surface area contributed by atoms with Gasteiger partial charge in [0, 0.05) is 29.1 Å². The van der Waals surface area contributed by atoms with E-state index in [9.17, 15) is 14.7 Å². The van der Waals surface area contributed by atoms with Crippen LogP contribution in [0.2, 0.25) is 5.02 Å². The van der Waals surface area contributed by atoms with Crippen LogP contribution in [-0.2, 0) is 4.79 Å². The van der Waals surface area contributed by atoms with Crippen LogP contribution in [0.25, 0.3) is 11.0 Å². The number of carbonyl (C=O) groups is 2. The number of para-hydroxylation sites is 1. The van der Waals surface area contributed by atoms with Gasteiger partial charge in [0.25, 0.3) is 5.91 Å². The van der Waals surface area contributed by atoms with E-state index in [1.54, 1.807) is 48.5 Å². The van der Waals surface area contributed by atoms with Gasteiger partial charge in [-0.05, 0) is 44.4 Å². The molecule has 2 heterocycles. The van der Waals surface area contributed by atoms with Crippen LogP contribution < -0.4 is 4.74 Å². The predicted molar refractivity (Wildman–Crippen MR) is 121 cm³/mol. The Bertz CT molecular complexity index is 1230. The number of halogens is 1. The van der Waals surface area contributed by atoms with Crippen LogP contribution in [-0.4, -0.2) is 60.9 Å². The molecule has 1 amide bonds. The lowest BCUT2D eigenvalue weighted by Crippen LogP contribution is -2.36. The smallest absolute Gasteiger partial charge is 0.290 e. The Kier molecular flexibility index (Phi) is 5.95. The second-order valence-electron chi connectivity index (χ2n) is 7.83. The lowest BCUT2D eigenvalue weighted by molar-refractivity contribution is -0.129. The average Bonchev–Trinajstić information content (AvgIpc) is 3.30. The van der Waals surface area contributed by atoms with Crippen LogP contribution in [0.4, 0.5) is 0 Å². The van der Waals surface area contributed by atoms with Crippen molar-refractivity contribution in [2.45, 2.75) is 6.04 Å². The number of rotatable bonds is 7. The molecule has 1 aliphatic heterocycles. The van der Waals surface area contributed by atoms with Crippen molar-refractivity contribution in [3.63, 3.8) is 0 Å². The Balaban J connectivity index is 1.82. The highest BCUT2D eigenvalue weighted by molar-refractivity contribution is 6.31. The number of hydrogen-bond acceptors (Lipinski definition) is 6. The topological polar surface area (TPSA) is 83.2 Å². The molecule has 32 heavy (non-hydrogen) atoms. The van der Waals surface area contributed by atoms with Gasteiger partial charge in [-0.25, -0.2) is 0 Å². The van der Waals surface area contributed by atoms with E-state index < -0.39 is 23.5 Å². The van der Waals surface area contributed by atoms with Crippen molar-refractivity contribution in [1.29, 1.82) is 0 Å². The molecule has 1 atom stereocenters. The van der Waals surface area contributed by atoms with Crippen molar-refractivity contribution >= 4 is 34.3 Å². The van der Waals surface area contributed by atoms with Gasteiger partial charge in [-0.2, -0.15) is 0 Å². The highest BCUT2D eigenvalue weighted by Crippen LogP contribution is 2.42. The molecule has 166 valence electrons. The molecular formula is C24H23ClN2O5. The summed E-state index contributed by atoms with van der Waals surface area (Å²) in [5, 5.41) is 12.0. The fourth-order valence-corrected chi connectivity index (χ4v) is 4.08. The Morgan fingerprint density at radius 1 is 1.22 bits per heavy atom. The first kappa shape index (κ1) is 21.9. The minimum Gasteiger partial charge on any atom is -0.503 e. The summed E-state index contributed by atoms with van der Waals surface area (Å²) in [5.74, 6) is -1.22. The van der Waals surface area contributed by atoms with Crippen LogP contribution in [0.1, 0.15) is 22.2 Å². The highest BCUT2D eigenvalue weighted by Gasteiger charge is 2.45. The van der Waals surface area contributed by atoms with Gasteiger partial charge in [0.2, 0.25) is 5.78 Å². The van der Waals surface area contributed by atoms with Crippen LogP contribution in [0.5, 0.6) is 5.75 Å². The molecule has 0 fully saturated rings. The van der Waals surface area contributed by atoms with Gasteiger partial charge in [-0.3, -0.25) is 9.59 Å². The van der Waals surface area contributed by atoms with E-state index in [0.29, 0.717) is 40.4 Å². The van der Waals surface area contributed by atoms with Crippen molar-refractivity contribution < 1.29 is 23.8 Å². The molecule has 3 aromatic rings. The fourth-order valence-electron chi connectivity index (χ4n) is 3.90. The summed E-state index contributed by atoms with van der Waals surface area (Å²) in [7, 11) is 5.29. The molecule has 0 bridgehead atoms. The summed E-state index contributed by atoms with van der Waals surface area (Å²) in [4.78, 5) is 30.0. The van der Waals surface area contributed by atoms with Crippen LogP contribution in [0, 0.1) is 0 Å². The van der Waals surface area contributed by atoms with Crippen LogP contribution in [0.3, 0.4) is 0 Å². The number of nitrogens with zero attached hydrogens (tertiary/aromatic N) is 2. The van der Waals surface area contributed by atoms with Crippen molar-refractivity contribution in [2.75, 3.05) is 34.3 Å². The van der Waals surface area contributed by atoms with Crippen LogP contribution in [0.15, 0.2) is 64.3 Å². The highest BCUT2D eigenvalue weighted by atomic mass is 35.5. The maximum atomic E-state index is 13.5. The summed E-state index contributed by atoms with van der Waals surface area (Å²) >= 11 is 6.05. The number of methoxy groups -OCH3 is 1. The van der Waals surface area contributed by atoms with E-state index >= 15 is 0 Å². The molecular weight excluding hydrogens is 432 g/mol. The van der Waals surface area contributed by atoms with Gasteiger partial charge in [0.15, 0.2) is 11.5 Å². The lowest BCUT2D eigenvalue weighted by atomic mass is 9.94. The number of amides is 1. The van der Waals surface area contributed by atoms with E-state index in [1.807, 2.05) is 19.0 Å². The largest absolute Gasteiger partial charge is 0.503 e. The van der Waals surface area contributed by atoms with E-state index in [0.717, 1.165) is 0 Å². The summed E-state index contributed by atoms with van der Waals surface area (Å²) in [5.41, 5.74) is 1.05. The van der Waals surface area contributed by atoms with Gasteiger partial charge in [0.05, 0.1) is 18.7 Å². The first-order valence-corrected chi connectivity index (χ1v) is 10.4. The number of ether oxygens (including phenoxy) is 1. The fraction of sp³-hybridized carbons (Fsp3) is 0.250. The van der Waals surface area contributed by atoms with E-state index in [-0.39, 0.29) is 11.3 Å². The number of ketones is 1. The van der Waals surface area contributed by atoms with E-state index in [1.165, 1.54) is 12.0 Å². The summed E-state index contributed by atoms with van der Waals surface area (Å²) in [6, 6.07) is 12.9. The molecule has 2 aromatic carbocycles. The minimum atomic E-state index is -0.817. The number of aliphatic hydroxyl groups excluding tert-OH is 1. The number of furan rings is 1. The molecule has 8 heteroatoms. The van der Waals surface area contributed by atoms with E-state index in [2.05, 4.69) is 0 Å². The summed E-state index contributed by atoms with van der Waals surface area (Å²) < 4.78 is 11.2. The minimum absolute atomic E-state index is 0.0194. The molecule has 4 rings (SSSR count). The Morgan fingerprint density at radius 3 is 2.69 bits per heavy atom. The van der Waals surface area contributed by atoms with Crippen molar-refractivity contribution in [3.8, 4) is 5.75 Å². The second-order valence-corrected chi connectivity index (χ2v) is 8.27. The van der Waals surface area contributed by atoms with Crippen molar-refractivity contribution in [1.82, 2.24) is 9.80 Å². The molecule has 0 saturated carbocycles. The maximum absolute atomic E-state index is 13.5. The number of benzene rings is 2. The van der Waals surface area contributed by atoms with Gasteiger partial charge >= 0.3 is 0 Å². The van der Waals surface area contributed by atoms with Gasteiger partial charge in [0.1, 0.15) is 11.3 Å². The van der Waals surface area contributed by atoms with Gasteiger partial charge in [-0.1, -0.05) is 29.8 Å². The first-order valence-electron chi connectivity index (χ1n) is 10.1. The van der Waals surface area contributed by atoms with Gasteiger partial charge < -0.3 is 24.1 Å². The Morgan fingerprint density at radius 2 is 1.97 bits per heavy atom. The number of carbonyl (C=O) groups excluding carboxylic acids is 2. The van der Waals surface area contributed by atoms with E-state index in [4.69, 9.17) is 20.8 Å². The predicted octanol–water partition coefficient (Wildman–Crippen LogP) is 4.23. The molecule has 0 spiro atoms. The summed E-state index contributed by atoms with van der Waals surface area (Å²) in [6.07, 6.45) is 0. The lowest BCUT2D eigenvalue weighted by Gasteiger charge is -2.28. The van der Waals surface area contributed by atoms with Gasteiger partial charge in [-0.15, -0.1) is 0 Å². The SMILES string of the molecule is COc1ccccc1C1C(C(=O)c2cc3cc(Cl)ccc3o2)=C(O)C(=O)N1CCN(C)C. The zero-order chi connectivity index (χ0) is 23.0. The molecule has 7 nitrogen and oxygen atoms in total. The van der Waals surface area contributed by atoms with Crippen molar-refractivity contribution in [3.05, 3.63) is 76.2 Å². The molecule has 1 aromatic heterocycles. The number of fused-ring (bicyclic) bond motifs is 1. The third kappa shape index (κ3) is 3.85. The molecule has 1 N–H and O–H groups in total. The maximum Gasteiger partial charge on any atom is 0.290 e. The quantitative estimate of drug-likeness (QED) is 0.538. The Hall–Kier alpha value is -3.29. The standard InChI is InChI=1S/C24H23ClN2O5/c1-26(2)10-11-27-21(16-6-4-5-7-18(16)31-3)20(23(29)24(27)30)22(28)19-13-14-12-15(25)8-9-17(14)32-19/h4-9,12-13,21,29H,10-11H2,1-3H3. The second kappa shape index (κ2) is 8.68. The summed E-state index contributed by atoms with van der Waals surface area (Å²) in [6.45, 7) is 0.862. The normalized spacial score (nSPS) is 16.5. The first-order chi connectivity index (χ1) is 15.3.